The van der Waals surface area contributed by atoms with Crippen molar-refractivity contribution >= 4 is 23.7 Å². The summed E-state index contributed by atoms with van der Waals surface area (Å²) in [7, 11) is -1.34. The Kier molecular flexibility index (Phi) is 6.57. The molecule has 0 saturated heterocycles. The summed E-state index contributed by atoms with van der Waals surface area (Å²) in [4.78, 5) is 17.2. The van der Waals surface area contributed by atoms with Crippen molar-refractivity contribution in [3.05, 3.63) is 77.1 Å². The van der Waals surface area contributed by atoms with Crippen molar-refractivity contribution in [3.63, 3.8) is 0 Å². The molecular weight excluding hydrogens is 351 g/mol. The van der Waals surface area contributed by atoms with Crippen molar-refractivity contribution in [1.82, 2.24) is 4.98 Å². The van der Waals surface area contributed by atoms with Gasteiger partial charge in [-0.05, 0) is 53.4 Å². The molecule has 0 aliphatic heterocycles. The van der Waals surface area contributed by atoms with Gasteiger partial charge in [-0.2, -0.15) is 0 Å². The molecule has 1 atom stereocenters. The van der Waals surface area contributed by atoms with Gasteiger partial charge in [0.2, 0.25) is 0 Å². The van der Waals surface area contributed by atoms with Crippen LogP contribution in [0.5, 0.6) is 0 Å². The fourth-order valence-electron chi connectivity index (χ4n) is 3.64. The molecule has 1 unspecified atom stereocenters. The molecule has 0 fully saturated rings. The lowest BCUT2D eigenvalue weighted by Gasteiger charge is -2.19. The Hall–Kier alpha value is -2.54. The Balaban J connectivity index is 1.82. The monoisotopic (exact) mass is 376 g/mol. The molecule has 0 amide bonds. The maximum Gasteiger partial charge on any atom is 0.451 e. The van der Waals surface area contributed by atoms with E-state index in [2.05, 4.69) is 4.98 Å². The summed E-state index contributed by atoms with van der Waals surface area (Å²) in [6.07, 6.45) is 4.68. The maximum absolute atomic E-state index is 13.0. The molecule has 3 aromatic rings. The van der Waals surface area contributed by atoms with E-state index in [4.69, 9.17) is 15.8 Å². The van der Waals surface area contributed by atoms with Gasteiger partial charge in [0.05, 0.1) is 5.92 Å². The standard InChI is InChI=1S/C22H25BN2O3/c1-15-17(7-9-23(27)28)3-2-4-20(15)21(13-24)22(26)12-16-5-6-19-14-25-10-8-18(19)11-16/h2-6,8,10-11,14,21,27-28H,7,9,12-13,24H2,1H3. The van der Waals surface area contributed by atoms with E-state index in [0.29, 0.717) is 12.8 Å². The van der Waals surface area contributed by atoms with Gasteiger partial charge in [-0.25, -0.2) is 0 Å². The van der Waals surface area contributed by atoms with Crippen molar-refractivity contribution < 1.29 is 14.8 Å². The van der Waals surface area contributed by atoms with Gasteiger partial charge >= 0.3 is 7.12 Å². The largest absolute Gasteiger partial charge is 0.451 e. The average molecular weight is 376 g/mol. The highest BCUT2D eigenvalue weighted by Gasteiger charge is 2.22. The number of carbonyl (C=O) groups is 1. The third-order valence-electron chi connectivity index (χ3n) is 5.24. The van der Waals surface area contributed by atoms with E-state index < -0.39 is 7.12 Å². The van der Waals surface area contributed by atoms with Gasteiger partial charge < -0.3 is 15.8 Å². The number of carbonyl (C=O) groups excluding carboxylic acids is 1. The van der Waals surface area contributed by atoms with Gasteiger partial charge in [0, 0.05) is 30.7 Å². The normalized spacial score (nSPS) is 12.1. The highest BCUT2D eigenvalue weighted by Crippen LogP contribution is 2.26. The molecule has 2 aromatic carbocycles. The number of aryl methyl sites for hydroxylation is 1. The number of rotatable bonds is 8. The second-order valence-corrected chi connectivity index (χ2v) is 7.14. The number of fused-ring (bicyclic) bond motifs is 1. The molecular formula is C22H25BN2O3. The second-order valence-electron chi connectivity index (χ2n) is 7.14. The number of nitrogens with zero attached hydrogens (tertiary/aromatic N) is 1. The highest BCUT2D eigenvalue weighted by molar-refractivity contribution is 6.41. The van der Waals surface area contributed by atoms with Crippen molar-refractivity contribution in [1.29, 1.82) is 0 Å². The Morgan fingerprint density at radius 2 is 2.00 bits per heavy atom. The fraction of sp³-hybridized carbons (Fsp3) is 0.273. The number of Topliss-reactive ketones (excluding diaryl/α,β-unsaturated/α-hetero) is 1. The van der Waals surface area contributed by atoms with Crippen LogP contribution in [0, 0.1) is 6.92 Å². The third kappa shape index (κ3) is 4.65. The van der Waals surface area contributed by atoms with Crippen molar-refractivity contribution in [2.45, 2.75) is 32.0 Å². The van der Waals surface area contributed by atoms with E-state index in [1.165, 1.54) is 0 Å². The number of hydrogen-bond donors (Lipinski definition) is 3. The Bertz CT molecular complexity index is 975. The van der Waals surface area contributed by atoms with E-state index >= 15 is 0 Å². The first-order valence-corrected chi connectivity index (χ1v) is 9.49. The molecule has 28 heavy (non-hydrogen) atoms. The van der Waals surface area contributed by atoms with E-state index in [0.717, 1.165) is 33.0 Å². The average Bonchev–Trinajstić information content (AvgIpc) is 2.68. The van der Waals surface area contributed by atoms with Gasteiger partial charge in [-0.3, -0.25) is 9.78 Å². The first-order valence-electron chi connectivity index (χ1n) is 9.49. The molecule has 0 radical (unpaired) electrons. The van der Waals surface area contributed by atoms with Gasteiger partial charge in [0.1, 0.15) is 5.78 Å². The molecule has 0 spiro atoms. The smallest absolute Gasteiger partial charge is 0.427 e. The van der Waals surface area contributed by atoms with Gasteiger partial charge in [0.25, 0.3) is 0 Å². The van der Waals surface area contributed by atoms with E-state index in [1.54, 1.807) is 6.20 Å². The number of aromatic nitrogens is 1. The van der Waals surface area contributed by atoms with E-state index in [9.17, 15) is 4.79 Å². The summed E-state index contributed by atoms with van der Waals surface area (Å²) in [5.74, 6) is -0.300. The Morgan fingerprint density at radius 1 is 1.18 bits per heavy atom. The number of hydrogen-bond acceptors (Lipinski definition) is 5. The summed E-state index contributed by atoms with van der Waals surface area (Å²) < 4.78 is 0. The number of benzene rings is 2. The quantitative estimate of drug-likeness (QED) is 0.525. The van der Waals surface area contributed by atoms with Crippen LogP contribution in [-0.4, -0.2) is 34.5 Å². The first-order chi connectivity index (χ1) is 13.5. The van der Waals surface area contributed by atoms with Crippen LogP contribution in [0.25, 0.3) is 10.8 Å². The molecule has 1 heterocycles. The Morgan fingerprint density at radius 3 is 2.75 bits per heavy atom. The van der Waals surface area contributed by atoms with Crippen LogP contribution in [0.4, 0.5) is 0 Å². The molecule has 0 bridgehead atoms. The molecule has 0 aliphatic rings. The molecule has 3 rings (SSSR count). The minimum atomic E-state index is -1.34. The van der Waals surface area contributed by atoms with Crippen LogP contribution in [0.2, 0.25) is 6.32 Å². The van der Waals surface area contributed by atoms with E-state index in [1.807, 2.05) is 55.6 Å². The van der Waals surface area contributed by atoms with Crippen molar-refractivity contribution in [2.24, 2.45) is 5.73 Å². The summed E-state index contributed by atoms with van der Waals surface area (Å²) in [5, 5.41) is 20.4. The number of nitrogens with two attached hydrogens (primary N) is 1. The lowest BCUT2D eigenvalue weighted by molar-refractivity contribution is -0.119. The van der Waals surface area contributed by atoms with Crippen LogP contribution in [0.3, 0.4) is 0 Å². The van der Waals surface area contributed by atoms with Gasteiger partial charge in [-0.15, -0.1) is 0 Å². The predicted octanol–water partition coefficient (Wildman–Crippen LogP) is 2.41. The third-order valence-corrected chi connectivity index (χ3v) is 5.24. The van der Waals surface area contributed by atoms with E-state index in [-0.39, 0.29) is 24.6 Å². The van der Waals surface area contributed by atoms with Crippen LogP contribution in [0.1, 0.15) is 28.2 Å². The molecule has 1 aromatic heterocycles. The van der Waals surface area contributed by atoms with Crippen molar-refractivity contribution in [3.8, 4) is 0 Å². The molecule has 0 aliphatic carbocycles. The zero-order valence-electron chi connectivity index (χ0n) is 16.0. The topological polar surface area (TPSA) is 96.4 Å². The van der Waals surface area contributed by atoms with Gasteiger partial charge in [0.15, 0.2) is 0 Å². The second kappa shape index (κ2) is 9.10. The van der Waals surface area contributed by atoms with Crippen molar-refractivity contribution in [2.75, 3.05) is 6.54 Å². The first kappa shape index (κ1) is 20.2. The predicted molar refractivity (Wildman–Crippen MR) is 112 cm³/mol. The molecule has 144 valence electrons. The zero-order valence-corrected chi connectivity index (χ0v) is 16.0. The summed E-state index contributed by atoms with van der Waals surface area (Å²) in [6, 6.07) is 13.7. The van der Waals surface area contributed by atoms with Crippen LogP contribution < -0.4 is 5.73 Å². The molecule has 5 nitrogen and oxygen atoms in total. The van der Waals surface area contributed by atoms with Crippen LogP contribution in [-0.2, 0) is 17.6 Å². The highest BCUT2D eigenvalue weighted by atomic mass is 16.4. The maximum atomic E-state index is 13.0. The number of pyridine rings is 1. The molecule has 0 saturated carbocycles. The SMILES string of the molecule is Cc1c(CCB(O)O)cccc1C(CN)C(=O)Cc1ccc2cnccc2c1. The number of ketones is 1. The molecule has 4 N–H and O–H groups in total. The zero-order chi connectivity index (χ0) is 20.1. The van der Waals surface area contributed by atoms with Crippen LogP contribution >= 0.6 is 0 Å². The van der Waals surface area contributed by atoms with Crippen LogP contribution in [0.15, 0.2) is 54.9 Å². The lowest BCUT2D eigenvalue weighted by atomic mass is 9.80. The minimum absolute atomic E-state index is 0.0818. The minimum Gasteiger partial charge on any atom is -0.427 e. The van der Waals surface area contributed by atoms with Gasteiger partial charge in [-0.1, -0.05) is 36.4 Å². The summed E-state index contributed by atoms with van der Waals surface area (Å²) in [6.45, 7) is 2.21. The summed E-state index contributed by atoms with van der Waals surface area (Å²) >= 11 is 0. The molecule has 6 heteroatoms. The Labute approximate surface area is 165 Å². The fourth-order valence-corrected chi connectivity index (χ4v) is 3.64. The summed E-state index contributed by atoms with van der Waals surface area (Å²) in [5.41, 5.74) is 9.86. The lowest BCUT2D eigenvalue weighted by Crippen LogP contribution is -2.24.